The van der Waals surface area contributed by atoms with Gasteiger partial charge in [0.05, 0.1) is 5.60 Å². The van der Waals surface area contributed by atoms with Gasteiger partial charge < -0.3 is 10.4 Å². The van der Waals surface area contributed by atoms with Crippen LogP contribution in [-0.2, 0) is 11.2 Å². The molecule has 1 aromatic rings. The Morgan fingerprint density at radius 2 is 1.95 bits per heavy atom. The first-order valence-electron chi connectivity index (χ1n) is 7.29. The fraction of sp³-hybridized carbons (Fsp3) is 0.562. The molecule has 110 valence electrons. The molecule has 0 atom stereocenters. The van der Waals surface area contributed by atoms with Crippen LogP contribution in [0.5, 0.6) is 0 Å². The molecule has 1 saturated heterocycles. The number of aliphatic hydroxyl groups is 1. The molecule has 0 aliphatic carbocycles. The van der Waals surface area contributed by atoms with Crippen molar-refractivity contribution in [1.82, 2.24) is 5.32 Å². The second-order valence-electron chi connectivity index (χ2n) is 5.45. The summed E-state index contributed by atoms with van der Waals surface area (Å²) in [6.45, 7) is 0.401. The Hall–Kier alpha value is -1.00. The SMILES string of the molecule is O=C(CCCc1ccccc1)NCC1(O)CCSCC1. The Balaban J connectivity index is 1.63. The molecule has 1 aromatic carbocycles. The van der Waals surface area contributed by atoms with E-state index in [-0.39, 0.29) is 5.91 Å². The molecule has 0 bridgehead atoms. The van der Waals surface area contributed by atoms with E-state index < -0.39 is 5.60 Å². The lowest BCUT2D eigenvalue weighted by Gasteiger charge is -2.31. The summed E-state index contributed by atoms with van der Waals surface area (Å²) in [7, 11) is 0. The van der Waals surface area contributed by atoms with Crippen LogP contribution in [0.4, 0.5) is 0 Å². The predicted octanol–water partition coefficient (Wildman–Crippen LogP) is 2.38. The van der Waals surface area contributed by atoms with Crippen molar-refractivity contribution in [1.29, 1.82) is 0 Å². The van der Waals surface area contributed by atoms with Gasteiger partial charge in [-0.15, -0.1) is 0 Å². The molecule has 2 N–H and O–H groups in total. The first-order chi connectivity index (χ1) is 9.68. The lowest BCUT2D eigenvalue weighted by molar-refractivity contribution is -0.122. The molecule has 0 aromatic heterocycles. The lowest BCUT2D eigenvalue weighted by atomic mass is 9.97. The van der Waals surface area contributed by atoms with Crippen LogP contribution in [0.1, 0.15) is 31.2 Å². The van der Waals surface area contributed by atoms with Gasteiger partial charge in [0.25, 0.3) is 0 Å². The van der Waals surface area contributed by atoms with Crippen molar-refractivity contribution in [2.24, 2.45) is 0 Å². The zero-order chi connectivity index (χ0) is 14.3. The summed E-state index contributed by atoms with van der Waals surface area (Å²) in [6, 6.07) is 10.2. The van der Waals surface area contributed by atoms with Gasteiger partial charge >= 0.3 is 0 Å². The van der Waals surface area contributed by atoms with Crippen LogP contribution >= 0.6 is 11.8 Å². The minimum Gasteiger partial charge on any atom is -0.388 e. The summed E-state index contributed by atoms with van der Waals surface area (Å²) in [5.74, 6) is 2.02. The summed E-state index contributed by atoms with van der Waals surface area (Å²) >= 11 is 1.87. The molecule has 0 spiro atoms. The maximum Gasteiger partial charge on any atom is 0.220 e. The minimum absolute atomic E-state index is 0.0487. The van der Waals surface area contributed by atoms with Crippen molar-refractivity contribution in [3.63, 3.8) is 0 Å². The van der Waals surface area contributed by atoms with Crippen LogP contribution in [-0.4, -0.2) is 34.7 Å². The molecule has 1 fully saturated rings. The molecule has 20 heavy (non-hydrogen) atoms. The largest absolute Gasteiger partial charge is 0.388 e. The van der Waals surface area contributed by atoms with E-state index in [0.29, 0.717) is 13.0 Å². The summed E-state index contributed by atoms with van der Waals surface area (Å²) in [6.07, 6.45) is 3.86. The van der Waals surface area contributed by atoms with Gasteiger partial charge in [0.15, 0.2) is 0 Å². The molecule has 1 aliphatic heterocycles. The van der Waals surface area contributed by atoms with Gasteiger partial charge in [-0.3, -0.25) is 4.79 Å². The average molecular weight is 293 g/mol. The Morgan fingerprint density at radius 3 is 2.65 bits per heavy atom. The van der Waals surface area contributed by atoms with Gasteiger partial charge in [-0.1, -0.05) is 30.3 Å². The van der Waals surface area contributed by atoms with Crippen molar-refractivity contribution < 1.29 is 9.90 Å². The second-order valence-corrected chi connectivity index (χ2v) is 6.68. The quantitative estimate of drug-likeness (QED) is 0.846. The zero-order valence-corrected chi connectivity index (χ0v) is 12.6. The molecule has 1 heterocycles. The molecule has 0 radical (unpaired) electrons. The van der Waals surface area contributed by atoms with Gasteiger partial charge in [0.1, 0.15) is 0 Å². The van der Waals surface area contributed by atoms with Gasteiger partial charge in [-0.25, -0.2) is 0 Å². The number of benzene rings is 1. The van der Waals surface area contributed by atoms with Gasteiger partial charge in [-0.2, -0.15) is 11.8 Å². The third kappa shape index (κ3) is 5.17. The first kappa shape index (κ1) is 15.4. The van der Waals surface area contributed by atoms with Crippen LogP contribution in [0.15, 0.2) is 30.3 Å². The van der Waals surface area contributed by atoms with Crippen molar-refractivity contribution in [3.05, 3.63) is 35.9 Å². The Kier molecular flexibility index (Phi) is 5.92. The summed E-state index contributed by atoms with van der Waals surface area (Å²) in [4.78, 5) is 11.8. The van der Waals surface area contributed by atoms with Gasteiger partial charge in [0, 0.05) is 13.0 Å². The summed E-state index contributed by atoms with van der Waals surface area (Å²) in [5, 5.41) is 13.2. The van der Waals surface area contributed by atoms with Crippen molar-refractivity contribution >= 4 is 17.7 Å². The monoisotopic (exact) mass is 293 g/mol. The Bertz CT molecular complexity index is 416. The average Bonchev–Trinajstić information content (AvgIpc) is 2.47. The Morgan fingerprint density at radius 1 is 1.25 bits per heavy atom. The normalized spacial score (nSPS) is 17.6. The molecular weight excluding hydrogens is 270 g/mol. The molecule has 1 aliphatic rings. The first-order valence-corrected chi connectivity index (χ1v) is 8.44. The van der Waals surface area contributed by atoms with Gasteiger partial charge in [-0.05, 0) is 42.8 Å². The fourth-order valence-electron chi connectivity index (χ4n) is 2.38. The van der Waals surface area contributed by atoms with Crippen molar-refractivity contribution in [2.75, 3.05) is 18.1 Å². The highest BCUT2D eigenvalue weighted by molar-refractivity contribution is 7.99. The van der Waals surface area contributed by atoms with Crippen LogP contribution < -0.4 is 5.32 Å². The topological polar surface area (TPSA) is 49.3 Å². The number of rotatable bonds is 6. The third-order valence-corrected chi connectivity index (χ3v) is 4.74. The van der Waals surface area contributed by atoms with Crippen molar-refractivity contribution in [3.8, 4) is 0 Å². The number of carbonyl (C=O) groups is 1. The summed E-state index contributed by atoms with van der Waals surface area (Å²) in [5.41, 5.74) is 0.587. The van der Waals surface area contributed by atoms with Crippen LogP contribution in [0.2, 0.25) is 0 Å². The summed E-state index contributed by atoms with van der Waals surface area (Å²) < 4.78 is 0. The molecule has 1 amide bonds. The third-order valence-electron chi connectivity index (χ3n) is 3.75. The molecule has 3 nitrogen and oxygen atoms in total. The maximum absolute atomic E-state index is 11.8. The van der Waals surface area contributed by atoms with Crippen LogP contribution in [0, 0.1) is 0 Å². The number of thioether (sulfide) groups is 1. The predicted molar refractivity (Wildman–Crippen MR) is 83.9 cm³/mol. The highest BCUT2D eigenvalue weighted by atomic mass is 32.2. The van der Waals surface area contributed by atoms with E-state index in [1.165, 1.54) is 5.56 Å². The van der Waals surface area contributed by atoms with Gasteiger partial charge in [0.2, 0.25) is 5.91 Å². The van der Waals surface area contributed by atoms with E-state index >= 15 is 0 Å². The van der Waals surface area contributed by atoms with E-state index in [2.05, 4.69) is 17.4 Å². The van der Waals surface area contributed by atoms with Crippen LogP contribution in [0.3, 0.4) is 0 Å². The smallest absolute Gasteiger partial charge is 0.220 e. The standard InChI is InChI=1S/C16H23NO2S/c18-15(8-4-7-14-5-2-1-3-6-14)17-13-16(19)9-11-20-12-10-16/h1-3,5-6,19H,4,7-13H2,(H,17,18). The molecular formula is C16H23NO2S. The minimum atomic E-state index is -0.680. The fourth-order valence-corrected chi connectivity index (χ4v) is 3.63. The highest BCUT2D eigenvalue weighted by Crippen LogP contribution is 2.26. The molecule has 0 unspecified atom stereocenters. The molecule has 4 heteroatoms. The van der Waals surface area contributed by atoms with Crippen LogP contribution in [0.25, 0.3) is 0 Å². The van der Waals surface area contributed by atoms with Crippen molar-refractivity contribution in [2.45, 2.75) is 37.7 Å². The number of nitrogens with one attached hydrogen (secondary N) is 1. The number of aryl methyl sites for hydroxylation is 1. The lowest BCUT2D eigenvalue weighted by Crippen LogP contribution is -2.45. The number of amides is 1. The number of hydrogen-bond acceptors (Lipinski definition) is 3. The second kappa shape index (κ2) is 7.70. The molecule has 2 rings (SSSR count). The Labute approximate surface area is 125 Å². The van der Waals surface area contributed by atoms with E-state index in [1.807, 2.05) is 30.0 Å². The number of hydrogen-bond donors (Lipinski definition) is 2. The van der Waals surface area contributed by atoms with E-state index in [9.17, 15) is 9.90 Å². The highest BCUT2D eigenvalue weighted by Gasteiger charge is 2.29. The van der Waals surface area contributed by atoms with E-state index in [0.717, 1.165) is 37.2 Å². The van der Waals surface area contributed by atoms with E-state index in [4.69, 9.17) is 0 Å². The number of carbonyl (C=O) groups excluding carboxylic acids is 1. The molecule has 0 saturated carbocycles. The maximum atomic E-state index is 11.8. The zero-order valence-electron chi connectivity index (χ0n) is 11.8. The van der Waals surface area contributed by atoms with E-state index in [1.54, 1.807) is 0 Å².